The number of fused-ring (bicyclic) bond motifs is 2. The molecule has 0 fully saturated rings. The Hall–Kier alpha value is -2.68. The molecule has 1 aliphatic rings. The zero-order chi connectivity index (χ0) is 15.8. The molecule has 2 heterocycles. The smallest absolute Gasteiger partial charge is 0.261 e. The average molecular weight is 302 g/mol. The summed E-state index contributed by atoms with van der Waals surface area (Å²) in [5.74, 6) is 1.41. The third kappa shape index (κ3) is 2.59. The molecular weight excluding hydrogens is 284 g/mol. The predicted molar refractivity (Wildman–Crippen MR) is 94.2 cm³/mol. The molecule has 3 aromatic rings. The minimum atomic E-state index is 0.0907. The van der Waals surface area contributed by atoms with Gasteiger partial charge in [-0.3, -0.25) is 9.36 Å². The van der Waals surface area contributed by atoms with Crippen LogP contribution in [-0.2, 0) is 13.0 Å². The second kappa shape index (κ2) is 5.51. The average Bonchev–Trinajstić information content (AvgIpc) is 2.94. The molecular formula is C20H18N2O. The third-order valence-corrected chi connectivity index (χ3v) is 4.35. The van der Waals surface area contributed by atoms with Crippen molar-refractivity contribution in [2.45, 2.75) is 19.9 Å². The van der Waals surface area contributed by atoms with Crippen LogP contribution in [0.25, 0.3) is 23.1 Å². The molecule has 0 radical (unpaired) electrons. The summed E-state index contributed by atoms with van der Waals surface area (Å²) in [6, 6.07) is 16.1. The van der Waals surface area contributed by atoms with Crippen molar-refractivity contribution in [3.63, 3.8) is 0 Å². The van der Waals surface area contributed by atoms with Crippen LogP contribution in [0.4, 0.5) is 0 Å². The van der Waals surface area contributed by atoms with Crippen molar-refractivity contribution >= 4 is 23.1 Å². The Morgan fingerprint density at radius 2 is 1.87 bits per heavy atom. The molecule has 1 atom stereocenters. The summed E-state index contributed by atoms with van der Waals surface area (Å²) in [4.78, 5) is 17.3. The van der Waals surface area contributed by atoms with E-state index < -0.39 is 0 Å². The van der Waals surface area contributed by atoms with Gasteiger partial charge < -0.3 is 0 Å². The summed E-state index contributed by atoms with van der Waals surface area (Å²) >= 11 is 0. The number of hydrogen-bond donors (Lipinski definition) is 0. The minimum absolute atomic E-state index is 0.0907. The van der Waals surface area contributed by atoms with Crippen LogP contribution in [0.15, 0.2) is 53.3 Å². The topological polar surface area (TPSA) is 34.9 Å². The van der Waals surface area contributed by atoms with Crippen molar-refractivity contribution in [3.8, 4) is 0 Å². The van der Waals surface area contributed by atoms with Gasteiger partial charge in [0.2, 0.25) is 0 Å². The second-order valence-electron chi connectivity index (χ2n) is 6.27. The molecule has 23 heavy (non-hydrogen) atoms. The van der Waals surface area contributed by atoms with E-state index in [0.29, 0.717) is 11.3 Å². The molecule has 0 saturated heterocycles. The Kier molecular flexibility index (Phi) is 3.34. The molecule has 3 heteroatoms. The second-order valence-corrected chi connectivity index (χ2v) is 6.27. The maximum atomic E-state index is 12.6. The van der Waals surface area contributed by atoms with Crippen molar-refractivity contribution in [1.29, 1.82) is 0 Å². The summed E-state index contributed by atoms with van der Waals surface area (Å²) in [6.07, 6.45) is 5.02. The first kappa shape index (κ1) is 13.9. The van der Waals surface area contributed by atoms with Crippen LogP contribution in [0.5, 0.6) is 0 Å². The first-order valence-corrected chi connectivity index (χ1v) is 7.97. The van der Waals surface area contributed by atoms with Gasteiger partial charge in [0, 0.05) is 13.0 Å². The van der Waals surface area contributed by atoms with Crippen molar-refractivity contribution in [1.82, 2.24) is 9.55 Å². The van der Waals surface area contributed by atoms with Crippen molar-refractivity contribution < 1.29 is 0 Å². The quantitative estimate of drug-likeness (QED) is 0.676. The number of aromatic nitrogens is 2. The highest BCUT2D eigenvalue weighted by molar-refractivity contribution is 5.82. The monoisotopic (exact) mass is 302 g/mol. The van der Waals surface area contributed by atoms with E-state index in [2.05, 4.69) is 31.2 Å². The Labute approximate surface area is 134 Å². The van der Waals surface area contributed by atoms with E-state index in [1.165, 1.54) is 0 Å². The van der Waals surface area contributed by atoms with Gasteiger partial charge in [0.25, 0.3) is 5.56 Å². The van der Waals surface area contributed by atoms with Crippen LogP contribution in [0.1, 0.15) is 23.9 Å². The minimum Gasteiger partial charge on any atom is -0.296 e. The first-order chi connectivity index (χ1) is 11.2. The van der Waals surface area contributed by atoms with Gasteiger partial charge in [-0.15, -0.1) is 0 Å². The van der Waals surface area contributed by atoms with Crippen LogP contribution in [-0.4, -0.2) is 9.55 Å². The number of rotatable bonds is 2. The standard InChI is InChI=1S/C20H18N2O/c1-14-11-19-21-18-12-16(8-7-15-5-3-2-4-6-15)9-10-17(18)20(23)22(19)13-14/h2-10,12,14H,11,13H2,1H3. The van der Waals surface area contributed by atoms with Gasteiger partial charge in [-0.25, -0.2) is 4.98 Å². The predicted octanol–water partition coefficient (Wildman–Crippen LogP) is 3.76. The van der Waals surface area contributed by atoms with E-state index in [1.807, 2.05) is 41.0 Å². The van der Waals surface area contributed by atoms with E-state index in [9.17, 15) is 4.79 Å². The molecule has 0 N–H and O–H groups in total. The molecule has 114 valence electrons. The van der Waals surface area contributed by atoms with Crippen molar-refractivity contribution in [2.24, 2.45) is 5.92 Å². The number of benzene rings is 2. The fourth-order valence-electron chi connectivity index (χ4n) is 3.18. The van der Waals surface area contributed by atoms with Gasteiger partial charge in [-0.1, -0.05) is 55.5 Å². The lowest BCUT2D eigenvalue weighted by Gasteiger charge is -2.05. The maximum Gasteiger partial charge on any atom is 0.261 e. The Balaban J connectivity index is 1.76. The number of nitrogens with zero attached hydrogens (tertiary/aromatic N) is 2. The van der Waals surface area contributed by atoms with Gasteiger partial charge in [-0.05, 0) is 29.2 Å². The van der Waals surface area contributed by atoms with Crippen LogP contribution in [0.3, 0.4) is 0 Å². The Bertz CT molecular complexity index is 955. The van der Waals surface area contributed by atoms with E-state index in [4.69, 9.17) is 4.98 Å². The molecule has 1 aromatic heterocycles. The summed E-state index contributed by atoms with van der Waals surface area (Å²) in [7, 11) is 0. The molecule has 2 aromatic carbocycles. The summed E-state index contributed by atoms with van der Waals surface area (Å²) in [6.45, 7) is 2.94. The largest absolute Gasteiger partial charge is 0.296 e. The normalized spacial score (nSPS) is 17.0. The zero-order valence-corrected chi connectivity index (χ0v) is 13.1. The molecule has 0 saturated carbocycles. The van der Waals surface area contributed by atoms with Gasteiger partial charge in [-0.2, -0.15) is 0 Å². The fourth-order valence-corrected chi connectivity index (χ4v) is 3.18. The summed E-state index contributed by atoms with van der Waals surface area (Å²) < 4.78 is 1.83. The summed E-state index contributed by atoms with van der Waals surface area (Å²) in [5, 5.41) is 0.708. The SMILES string of the molecule is CC1Cc2nc3cc(C=Cc4ccccc4)ccc3c(=O)n2C1. The van der Waals surface area contributed by atoms with Crippen LogP contribution >= 0.6 is 0 Å². The van der Waals surface area contributed by atoms with E-state index in [1.54, 1.807) is 0 Å². The molecule has 0 aliphatic carbocycles. The molecule has 1 unspecified atom stereocenters. The third-order valence-electron chi connectivity index (χ3n) is 4.35. The van der Waals surface area contributed by atoms with E-state index in [0.717, 1.165) is 35.4 Å². The van der Waals surface area contributed by atoms with Gasteiger partial charge in [0.15, 0.2) is 0 Å². The highest BCUT2D eigenvalue weighted by Crippen LogP contribution is 2.20. The van der Waals surface area contributed by atoms with Gasteiger partial charge in [0.05, 0.1) is 10.9 Å². The lowest BCUT2D eigenvalue weighted by Crippen LogP contribution is -2.21. The van der Waals surface area contributed by atoms with Crippen molar-refractivity contribution in [2.75, 3.05) is 0 Å². The fraction of sp³-hybridized carbons (Fsp3) is 0.200. The molecule has 0 amide bonds. The van der Waals surface area contributed by atoms with E-state index in [-0.39, 0.29) is 5.56 Å². The molecule has 0 spiro atoms. The van der Waals surface area contributed by atoms with Crippen LogP contribution in [0, 0.1) is 5.92 Å². The lowest BCUT2D eigenvalue weighted by molar-refractivity contribution is 0.558. The van der Waals surface area contributed by atoms with Gasteiger partial charge in [0.1, 0.15) is 5.82 Å². The number of hydrogen-bond acceptors (Lipinski definition) is 2. The van der Waals surface area contributed by atoms with Crippen LogP contribution in [0.2, 0.25) is 0 Å². The lowest BCUT2D eigenvalue weighted by atomic mass is 10.1. The highest BCUT2D eigenvalue weighted by Gasteiger charge is 2.21. The first-order valence-electron chi connectivity index (χ1n) is 7.97. The molecule has 4 rings (SSSR count). The Morgan fingerprint density at radius 1 is 1.09 bits per heavy atom. The summed E-state index contributed by atoms with van der Waals surface area (Å²) in [5.41, 5.74) is 3.10. The highest BCUT2D eigenvalue weighted by atomic mass is 16.1. The van der Waals surface area contributed by atoms with E-state index >= 15 is 0 Å². The van der Waals surface area contributed by atoms with Gasteiger partial charge >= 0.3 is 0 Å². The zero-order valence-electron chi connectivity index (χ0n) is 13.1. The van der Waals surface area contributed by atoms with Crippen molar-refractivity contribution in [3.05, 3.63) is 75.8 Å². The Morgan fingerprint density at radius 3 is 2.70 bits per heavy atom. The van der Waals surface area contributed by atoms with Crippen LogP contribution < -0.4 is 5.56 Å². The maximum absolute atomic E-state index is 12.6. The molecule has 1 aliphatic heterocycles. The molecule has 3 nitrogen and oxygen atoms in total. The molecule has 0 bridgehead atoms.